The third-order valence-electron chi connectivity index (χ3n) is 2.98. The maximum Gasteiger partial charge on any atom is 0.308 e. The van der Waals surface area contributed by atoms with E-state index in [4.69, 9.17) is 4.74 Å². The number of esters is 1. The Labute approximate surface area is 140 Å². The van der Waals surface area contributed by atoms with Gasteiger partial charge < -0.3 is 10.1 Å². The fraction of sp³-hybridized carbons (Fsp3) is 0.412. The average Bonchev–Trinajstić information content (AvgIpc) is 2.44. The van der Waals surface area contributed by atoms with Crippen molar-refractivity contribution in [2.45, 2.75) is 46.3 Å². The zero-order chi connectivity index (χ0) is 18.3. The molecule has 0 fully saturated rings. The topological polar surface area (TPSA) is 98.5 Å². The summed E-state index contributed by atoms with van der Waals surface area (Å²) >= 11 is 0. The molecule has 7 heteroatoms. The van der Waals surface area contributed by atoms with E-state index in [0.29, 0.717) is 0 Å². The van der Waals surface area contributed by atoms with Crippen LogP contribution in [-0.2, 0) is 14.3 Å². The molecule has 0 aliphatic heterocycles. The first-order valence-electron chi connectivity index (χ1n) is 7.59. The molecule has 1 aromatic carbocycles. The van der Waals surface area contributed by atoms with E-state index < -0.39 is 22.8 Å². The van der Waals surface area contributed by atoms with Gasteiger partial charge in [-0.1, -0.05) is 23.8 Å². The van der Waals surface area contributed by atoms with Crippen molar-refractivity contribution in [3.8, 4) is 0 Å². The first-order valence-corrected chi connectivity index (χ1v) is 7.59. The highest BCUT2D eigenvalue weighted by Gasteiger charge is 2.26. The van der Waals surface area contributed by atoms with Crippen molar-refractivity contribution in [3.05, 3.63) is 51.6 Å². The number of carbonyl (C=O) groups is 2. The van der Waals surface area contributed by atoms with Gasteiger partial charge in [-0.15, -0.1) is 0 Å². The largest absolute Gasteiger partial charge is 0.463 e. The summed E-state index contributed by atoms with van der Waals surface area (Å²) in [5, 5.41) is 13.9. The first-order chi connectivity index (χ1) is 11.2. The molecule has 0 radical (unpaired) electrons. The monoisotopic (exact) mass is 334 g/mol. The maximum atomic E-state index is 12.0. The smallest absolute Gasteiger partial charge is 0.308 e. The summed E-state index contributed by atoms with van der Waals surface area (Å²) in [6, 6.07) is 5.16. The third kappa shape index (κ3) is 6.20. The molecule has 0 saturated carbocycles. The molecular formula is C17H22N2O5. The van der Waals surface area contributed by atoms with Crippen LogP contribution in [0.4, 0.5) is 5.69 Å². The van der Waals surface area contributed by atoms with Crippen molar-refractivity contribution in [2.24, 2.45) is 0 Å². The molecule has 1 N–H and O–H groups in total. The van der Waals surface area contributed by atoms with Crippen LogP contribution in [0.25, 0.3) is 0 Å². The molecule has 1 rings (SSSR count). The Morgan fingerprint density at radius 2 is 1.92 bits per heavy atom. The maximum absolute atomic E-state index is 12.0. The van der Waals surface area contributed by atoms with Crippen LogP contribution in [0, 0.1) is 10.1 Å². The van der Waals surface area contributed by atoms with Crippen LogP contribution in [0.2, 0.25) is 0 Å². The van der Waals surface area contributed by atoms with Crippen molar-refractivity contribution in [1.82, 2.24) is 5.32 Å². The van der Waals surface area contributed by atoms with E-state index in [1.807, 2.05) is 0 Å². The molecule has 0 aromatic heterocycles. The molecule has 7 nitrogen and oxygen atoms in total. The average molecular weight is 334 g/mol. The van der Waals surface area contributed by atoms with Gasteiger partial charge in [0, 0.05) is 12.1 Å². The van der Waals surface area contributed by atoms with Crippen LogP contribution in [0.3, 0.4) is 0 Å². The minimum absolute atomic E-state index is 0.155. The number of carbonyl (C=O) groups excluding carboxylic acids is 2. The Hall–Kier alpha value is -2.70. The summed E-state index contributed by atoms with van der Waals surface area (Å²) < 4.78 is 5.09. The first kappa shape index (κ1) is 19.3. The molecule has 0 saturated heterocycles. The van der Waals surface area contributed by atoms with Crippen molar-refractivity contribution in [3.63, 3.8) is 0 Å². The highest BCUT2D eigenvalue weighted by atomic mass is 16.6. The SMILES string of the molecule is CC(C)=CC(=O)NC(CC(=O)OC(C)C)c1ccccc1[N+](=O)[O-]. The Balaban J connectivity index is 3.13. The van der Waals surface area contributed by atoms with Gasteiger partial charge >= 0.3 is 5.97 Å². The van der Waals surface area contributed by atoms with Gasteiger partial charge in [0.15, 0.2) is 0 Å². The number of amides is 1. The lowest BCUT2D eigenvalue weighted by molar-refractivity contribution is -0.385. The Kier molecular flexibility index (Phi) is 7.10. The van der Waals surface area contributed by atoms with E-state index in [1.165, 1.54) is 24.3 Å². The number of allylic oxidation sites excluding steroid dienone is 1. The quantitative estimate of drug-likeness (QED) is 0.357. The fourth-order valence-electron chi connectivity index (χ4n) is 2.14. The number of hydrogen-bond donors (Lipinski definition) is 1. The van der Waals surface area contributed by atoms with E-state index in [-0.39, 0.29) is 23.8 Å². The Bertz CT molecular complexity index is 648. The van der Waals surface area contributed by atoms with Crippen molar-refractivity contribution >= 4 is 17.6 Å². The number of hydrogen-bond acceptors (Lipinski definition) is 5. The van der Waals surface area contributed by atoms with Crippen molar-refractivity contribution in [1.29, 1.82) is 0 Å². The molecule has 0 heterocycles. The normalized spacial score (nSPS) is 11.5. The summed E-state index contributed by atoms with van der Waals surface area (Å²) in [7, 11) is 0. The molecule has 0 aliphatic rings. The molecule has 0 bridgehead atoms. The lowest BCUT2D eigenvalue weighted by Crippen LogP contribution is -2.30. The molecule has 0 spiro atoms. The van der Waals surface area contributed by atoms with Crippen molar-refractivity contribution in [2.75, 3.05) is 0 Å². The Morgan fingerprint density at radius 3 is 2.46 bits per heavy atom. The fourth-order valence-corrected chi connectivity index (χ4v) is 2.14. The van der Waals surface area contributed by atoms with Crippen LogP contribution < -0.4 is 5.32 Å². The third-order valence-corrected chi connectivity index (χ3v) is 2.98. The minimum Gasteiger partial charge on any atom is -0.463 e. The van der Waals surface area contributed by atoms with Gasteiger partial charge in [-0.05, 0) is 27.7 Å². The molecule has 1 atom stereocenters. The molecule has 130 valence electrons. The summed E-state index contributed by atoms with van der Waals surface area (Å²) in [5.74, 6) is -0.957. The van der Waals surface area contributed by atoms with E-state index >= 15 is 0 Å². The van der Waals surface area contributed by atoms with Gasteiger partial charge in [-0.25, -0.2) is 0 Å². The van der Waals surface area contributed by atoms with Gasteiger partial charge in [0.05, 0.1) is 29.1 Å². The van der Waals surface area contributed by atoms with Crippen LogP contribution in [-0.4, -0.2) is 22.9 Å². The van der Waals surface area contributed by atoms with E-state index in [9.17, 15) is 19.7 Å². The molecule has 1 amide bonds. The predicted octanol–water partition coefficient (Wildman–Crippen LogP) is 3.06. The van der Waals surface area contributed by atoms with E-state index in [2.05, 4.69) is 5.32 Å². The van der Waals surface area contributed by atoms with Gasteiger partial charge in [0.2, 0.25) is 5.91 Å². The highest BCUT2D eigenvalue weighted by Crippen LogP contribution is 2.27. The number of rotatable bonds is 7. The zero-order valence-corrected chi connectivity index (χ0v) is 14.2. The Morgan fingerprint density at radius 1 is 1.29 bits per heavy atom. The van der Waals surface area contributed by atoms with Gasteiger partial charge in [-0.3, -0.25) is 19.7 Å². The van der Waals surface area contributed by atoms with Crippen LogP contribution >= 0.6 is 0 Å². The standard InChI is InChI=1S/C17H22N2O5/c1-11(2)9-16(20)18-14(10-17(21)24-12(3)4)13-7-5-6-8-15(13)19(22)23/h5-9,12,14H,10H2,1-4H3,(H,18,20). The highest BCUT2D eigenvalue weighted by molar-refractivity contribution is 5.89. The number of nitro groups is 1. The van der Waals surface area contributed by atoms with Gasteiger partial charge in [-0.2, -0.15) is 0 Å². The van der Waals surface area contributed by atoms with E-state index in [0.717, 1.165) is 5.57 Å². The number of benzene rings is 1. The summed E-state index contributed by atoms with van der Waals surface area (Å²) in [5.41, 5.74) is 0.884. The summed E-state index contributed by atoms with van der Waals surface area (Å²) in [4.78, 5) is 34.7. The molecule has 0 aliphatic carbocycles. The van der Waals surface area contributed by atoms with E-state index in [1.54, 1.807) is 33.8 Å². The second-order valence-electron chi connectivity index (χ2n) is 5.84. The van der Waals surface area contributed by atoms with Gasteiger partial charge in [0.1, 0.15) is 0 Å². The van der Waals surface area contributed by atoms with Crippen molar-refractivity contribution < 1.29 is 19.2 Å². The molecular weight excluding hydrogens is 312 g/mol. The molecule has 1 unspecified atom stereocenters. The zero-order valence-electron chi connectivity index (χ0n) is 14.2. The van der Waals surface area contributed by atoms with Crippen LogP contribution in [0.15, 0.2) is 35.9 Å². The number of ether oxygens (including phenoxy) is 1. The molecule has 1 aromatic rings. The number of nitro benzene ring substituents is 1. The second-order valence-corrected chi connectivity index (χ2v) is 5.84. The summed E-state index contributed by atoms with van der Waals surface area (Å²) in [6.45, 7) is 6.93. The lowest BCUT2D eigenvalue weighted by Gasteiger charge is -2.18. The summed E-state index contributed by atoms with van der Waals surface area (Å²) in [6.07, 6.45) is 0.874. The molecule has 24 heavy (non-hydrogen) atoms. The number of nitrogens with one attached hydrogen (secondary N) is 1. The van der Waals surface area contributed by atoms with Gasteiger partial charge in [0.25, 0.3) is 5.69 Å². The predicted molar refractivity (Wildman–Crippen MR) is 89.3 cm³/mol. The lowest BCUT2D eigenvalue weighted by atomic mass is 10.0. The minimum atomic E-state index is -0.846. The number of para-hydroxylation sites is 1. The second kappa shape index (κ2) is 8.81. The van der Waals surface area contributed by atoms with Crippen LogP contribution in [0.5, 0.6) is 0 Å². The number of nitrogens with zero attached hydrogens (tertiary/aromatic N) is 1. The van der Waals surface area contributed by atoms with Crippen LogP contribution in [0.1, 0.15) is 45.7 Å².